The third-order valence-electron chi connectivity index (χ3n) is 6.62. The van der Waals surface area contributed by atoms with Crippen molar-refractivity contribution in [3.05, 3.63) is 113 Å². The van der Waals surface area contributed by atoms with Gasteiger partial charge in [0.15, 0.2) is 5.69 Å². The number of aryl methyl sites for hydroxylation is 1. The van der Waals surface area contributed by atoms with E-state index in [9.17, 15) is 9.90 Å². The second-order valence-electron chi connectivity index (χ2n) is 9.33. The lowest BCUT2D eigenvalue weighted by Crippen LogP contribution is -2.28. The molecule has 7 heteroatoms. The van der Waals surface area contributed by atoms with Gasteiger partial charge in [-0.1, -0.05) is 43.2 Å². The number of nitrogens with one attached hydrogen (secondary N) is 1. The monoisotopic (exact) mass is 477 g/mol. The highest BCUT2D eigenvalue weighted by atomic mass is 16.3. The van der Waals surface area contributed by atoms with E-state index in [-0.39, 0.29) is 5.91 Å². The third-order valence-corrected chi connectivity index (χ3v) is 6.62. The lowest BCUT2D eigenvalue weighted by atomic mass is 9.82. The molecule has 0 saturated heterocycles. The molecule has 180 valence electrons. The maximum absolute atomic E-state index is 13.3. The van der Waals surface area contributed by atoms with Crippen molar-refractivity contribution in [2.24, 2.45) is 5.92 Å². The number of aliphatic hydroxyl groups is 1. The van der Waals surface area contributed by atoms with Gasteiger partial charge >= 0.3 is 0 Å². The number of amides is 1. The van der Waals surface area contributed by atoms with Crippen LogP contribution in [0.2, 0.25) is 0 Å². The van der Waals surface area contributed by atoms with Gasteiger partial charge in [0.05, 0.1) is 18.0 Å². The Morgan fingerprint density at radius 3 is 2.69 bits per heavy atom. The Kier molecular flexibility index (Phi) is 6.36. The van der Waals surface area contributed by atoms with Crippen LogP contribution in [0.3, 0.4) is 0 Å². The largest absolute Gasteiger partial charge is 0.380 e. The van der Waals surface area contributed by atoms with Gasteiger partial charge in [-0.05, 0) is 67.6 Å². The van der Waals surface area contributed by atoms with Gasteiger partial charge in [-0.2, -0.15) is 5.10 Å². The van der Waals surface area contributed by atoms with Gasteiger partial charge < -0.3 is 10.4 Å². The van der Waals surface area contributed by atoms with Crippen molar-refractivity contribution in [3.63, 3.8) is 0 Å². The molecular weight excluding hydrogens is 450 g/mol. The number of hydrogen-bond acceptors (Lipinski definition) is 4. The summed E-state index contributed by atoms with van der Waals surface area (Å²) in [7, 11) is 0. The van der Waals surface area contributed by atoms with E-state index in [1.165, 1.54) is 12.8 Å². The summed E-state index contributed by atoms with van der Waals surface area (Å²) in [6, 6.07) is 19.8. The van der Waals surface area contributed by atoms with E-state index in [2.05, 4.69) is 20.2 Å². The first kappa shape index (κ1) is 23.5. The molecule has 2 aromatic heterocycles. The first-order valence-corrected chi connectivity index (χ1v) is 12.1. The second kappa shape index (κ2) is 9.76. The fourth-order valence-corrected chi connectivity index (χ4v) is 4.48. The minimum Gasteiger partial charge on any atom is -0.380 e. The molecule has 1 aliphatic carbocycles. The minimum absolute atomic E-state index is 0.330. The molecule has 0 radical (unpaired) electrons. The summed E-state index contributed by atoms with van der Waals surface area (Å²) >= 11 is 0. The number of carbonyl (C=O) groups is 1. The quantitative estimate of drug-likeness (QED) is 0.314. The zero-order valence-corrected chi connectivity index (χ0v) is 20.1. The molecule has 1 saturated carbocycles. The number of benzene rings is 2. The molecule has 2 heterocycles. The van der Waals surface area contributed by atoms with Crippen LogP contribution >= 0.6 is 0 Å². The molecule has 36 heavy (non-hydrogen) atoms. The highest BCUT2D eigenvalue weighted by Crippen LogP contribution is 2.41. The first-order chi connectivity index (χ1) is 17.5. The van der Waals surface area contributed by atoms with E-state index in [4.69, 9.17) is 6.57 Å². The molecule has 1 aliphatic rings. The van der Waals surface area contributed by atoms with Gasteiger partial charge in [0.2, 0.25) is 0 Å². The smallest absolute Gasteiger partial charge is 0.274 e. The number of rotatable bonds is 8. The summed E-state index contributed by atoms with van der Waals surface area (Å²) in [4.78, 5) is 21.0. The molecule has 0 bridgehead atoms. The van der Waals surface area contributed by atoms with E-state index in [0.717, 1.165) is 12.0 Å². The lowest BCUT2D eigenvalue weighted by Gasteiger charge is -2.29. The van der Waals surface area contributed by atoms with Crippen molar-refractivity contribution in [2.45, 2.75) is 38.2 Å². The van der Waals surface area contributed by atoms with Crippen LogP contribution in [0.1, 0.15) is 53.0 Å². The average molecular weight is 478 g/mol. The summed E-state index contributed by atoms with van der Waals surface area (Å²) in [5.74, 6) is 0.338. The van der Waals surface area contributed by atoms with Gasteiger partial charge in [-0.15, -0.1) is 0 Å². The van der Waals surface area contributed by atoms with Crippen LogP contribution in [-0.4, -0.2) is 25.8 Å². The molecule has 0 spiro atoms. The summed E-state index contributed by atoms with van der Waals surface area (Å²) in [6.45, 7) is 9.10. The van der Waals surface area contributed by atoms with Crippen LogP contribution < -0.4 is 5.32 Å². The zero-order valence-electron chi connectivity index (χ0n) is 20.1. The summed E-state index contributed by atoms with van der Waals surface area (Å²) in [5.41, 5.74) is 2.99. The Bertz CT molecular complexity index is 1440. The fourth-order valence-electron chi connectivity index (χ4n) is 4.48. The SMILES string of the molecule is [C-]#[N+]c1cccc(-n2nc(C)cc2C(=O)Nc2cccc(C(O)(CCC3CC3)c3cccnc3)c2)c1. The summed E-state index contributed by atoms with van der Waals surface area (Å²) in [5, 5.41) is 19.3. The molecule has 0 aliphatic heterocycles. The standard InChI is InChI=1S/C29H27N5O2/c1-20-16-27(34(33-20)26-10-4-8-24(18-26)30-2)28(35)32-25-9-3-6-22(17-25)29(36,14-13-21-11-12-21)23-7-5-15-31-19-23/h3-10,15-19,21,36H,11-14H2,1H3,(H,32,35). The Labute approximate surface area is 210 Å². The van der Waals surface area contributed by atoms with E-state index in [1.807, 2.05) is 43.3 Å². The maximum Gasteiger partial charge on any atom is 0.274 e. The lowest BCUT2D eigenvalue weighted by molar-refractivity contribution is 0.0666. The number of hydrogen-bond donors (Lipinski definition) is 2. The normalized spacial score (nSPS) is 14.6. The Morgan fingerprint density at radius 1 is 1.14 bits per heavy atom. The van der Waals surface area contributed by atoms with Crippen LogP contribution in [0, 0.1) is 19.4 Å². The molecular formula is C29H27N5O2. The van der Waals surface area contributed by atoms with Gasteiger partial charge in [0.25, 0.3) is 5.91 Å². The molecule has 1 fully saturated rings. The Morgan fingerprint density at radius 2 is 1.94 bits per heavy atom. The zero-order chi connectivity index (χ0) is 25.1. The Balaban J connectivity index is 1.44. The third kappa shape index (κ3) is 4.90. The minimum atomic E-state index is -1.20. The van der Waals surface area contributed by atoms with Crippen molar-refractivity contribution in [2.75, 3.05) is 5.32 Å². The number of nitrogens with zero attached hydrogens (tertiary/aromatic N) is 4. The predicted octanol–water partition coefficient (Wildman–Crippen LogP) is 5.80. The molecule has 2 aromatic carbocycles. The average Bonchev–Trinajstić information content (AvgIpc) is 3.66. The number of carbonyl (C=O) groups excluding carboxylic acids is 1. The number of pyridine rings is 1. The predicted molar refractivity (Wildman–Crippen MR) is 138 cm³/mol. The molecule has 7 nitrogen and oxygen atoms in total. The van der Waals surface area contributed by atoms with Crippen molar-refractivity contribution in [1.29, 1.82) is 0 Å². The van der Waals surface area contributed by atoms with E-state index < -0.39 is 5.60 Å². The van der Waals surface area contributed by atoms with E-state index in [1.54, 1.807) is 47.4 Å². The van der Waals surface area contributed by atoms with Gasteiger partial charge in [0.1, 0.15) is 11.3 Å². The molecule has 1 atom stereocenters. The van der Waals surface area contributed by atoms with Gasteiger partial charge in [0, 0.05) is 23.6 Å². The Hall–Kier alpha value is -4.28. The van der Waals surface area contributed by atoms with Gasteiger partial charge in [-0.3, -0.25) is 9.78 Å². The molecule has 2 N–H and O–H groups in total. The van der Waals surface area contributed by atoms with Crippen molar-refractivity contribution in [1.82, 2.24) is 14.8 Å². The first-order valence-electron chi connectivity index (χ1n) is 12.1. The van der Waals surface area contributed by atoms with Crippen LogP contribution in [0.15, 0.2) is 79.1 Å². The van der Waals surface area contributed by atoms with Crippen LogP contribution in [0.4, 0.5) is 11.4 Å². The number of anilines is 1. The molecule has 1 unspecified atom stereocenters. The molecule has 5 rings (SSSR count). The van der Waals surface area contributed by atoms with Gasteiger partial charge in [-0.25, -0.2) is 9.53 Å². The van der Waals surface area contributed by atoms with E-state index >= 15 is 0 Å². The second-order valence-corrected chi connectivity index (χ2v) is 9.33. The highest BCUT2D eigenvalue weighted by molar-refractivity contribution is 6.03. The summed E-state index contributed by atoms with van der Waals surface area (Å²) < 4.78 is 1.55. The highest BCUT2D eigenvalue weighted by Gasteiger charge is 2.34. The van der Waals surface area contributed by atoms with Crippen LogP contribution in [0.5, 0.6) is 0 Å². The van der Waals surface area contributed by atoms with Crippen molar-refractivity contribution in [3.8, 4) is 5.69 Å². The number of aromatic nitrogens is 3. The fraction of sp³-hybridized carbons (Fsp3) is 0.241. The molecule has 4 aromatic rings. The van der Waals surface area contributed by atoms with Crippen molar-refractivity contribution >= 4 is 17.3 Å². The van der Waals surface area contributed by atoms with Crippen LogP contribution in [0.25, 0.3) is 10.5 Å². The topological polar surface area (TPSA) is 84.4 Å². The van der Waals surface area contributed by atoms with Crippen LogP contribution in [-0.2, 0) is 5.60 Å². The maximum atomic E-state index is 13.3. The van der Waals surface area contributed by atoms with Crippen molar-refractivity contribution < 1.29 is 9.90 Å². The molecule has 1 amide bonds. The van der Waals surface area contributed by atoms with E-state index in [0.29, 0.717) is 46.4 Å². The summed E-state index contributed by atoms with van der Waals surface area (Å²) in [6.07, 6.45) is 7.35.